The van der Waals surface area contributed by atoms with Gasteiger partial charge in [-0.2, -0.15) is 0 Å². The number of hydrogen-bond donors (Lipinski definition) is 1. The number of methoxy groups -OCH3 is 3. The molecule has 0 radical (unpaired) electrons. The summed E-state index contributed by atoms with van der Waals surface area (Å²) in [5, 5.41) is 10.2. The van der Waals surface area contributed by atoms with Crippen LogP contribution < -0.4 is 29.1 Å². The molecule has 200 valence electrons. The number of esters is 1. The van der Waals surface area contributed by atoms with Gasteiger partial charge in [0.1, 0.15) is 17.5 Å². The molecule has 2 aromatic carbocycles. The van der Waals surface area contributed by atoms with Crippen LogP contribution in [0.25, 0.3) is 6.08 Å². The van der Waals surface area contributed by atoms with E-state index in [1.165, 1.54) is 36.2 Å². The van der Waals surface area contributed by atoms with Gasteiger partial charge in [0.05, 0.1) is 43.7 Å². The fraction of sp³-hybridized carbons (Fsp3) is 0.321. The van der Waals surface area contributed by atoms with Crippen LogP contribution in [0.2, 0.25) is 0 Å². The van der Waals surface area contributed by atoms with Gasteiger partial charge in [-0.05, 0) is 55.3 Å². The second-order valence-corrected chi connectivity index (χ2v) is 9.46. The molecular formula is C28H30N2O7S. The summed E-state index contributed by atoms with van der Waals surface area (Å²) >= 11 is 1.21. The first-order chi connectivity index (χ1) is 18.4. The summed E-state index contributed by atoms with van der Waals surface area (Å²) in [6.45, 7) is 3.91. The second kappa shape index (κ2) is 11.6. The number of thiazole rings is 1. The lowest BCUT2D eigenvalue weighted by atomic mass is 9.93. The van der Waals surface area contributed by atoms with Gasteiger partial charge in [0.25, 0.3) is 5.56 Å². The number of phenolic OH excluding ortho intramolecular Hbond substituents is 1. The topological polar surface area (TPSA) is 109 Å². The monoisotopic (exact) mass is 538 g/mol. The molecule has 38 heavy (non-hydrogen) atoms. The van der Waals surface area contributed by atoms with Gasteiger partial charge in [-0.1, -0.05) is 30.7 Å². The van der Waals surface area contributed by atoms with Crippen molar-refractivity contribution in [2.24, 2.45) is 4.99 Å². The molecule has 1 N–H and O–H groups in total. The summed E-state index contributed by atoms with van der Waals surface area (Å²) < 4.78 is 23.6. The highest BCUT2D eigenvalue weighted by Gasteiger charge is 2.36. The van der Waals surface area contributed by atoms with Gasteiger partial charge in [0, 0.05) is 5.56 Å². The molecule has 9 nitrogen and oxygen atoms in total. The van der Waals surface area contributed by atoms with Crippen molar-refractivity contribution < 1.29 is 28.8 Å². The molecule has 0 amide bonds. The summed E-state index contributed by atoms with van der Waals surface area (Å²) in [5.74, 6) is 0.794. The molecule has 0 unspecified atom stereocenters. The Kier molecular flexibility index (Phi) is 8.21. The lowest BCUT2D eigenvalue weighted by Gasteiger charge is -2.27. The zero-order valence-corrected chi connectivity index (χ0v) is 22.8. The highest BCUT2D eigenvalue weighted by Crippen LogP contribution is 2.38. The zero-order valence-electron chi connectivity index (χ0n) is 21.9. The molecule has 10 heteroatoms. The quantitative estimate of drug-likeness (QED) is 0.417. The van der Waals surface area contributed by atoms with Crippen LogP contribution >= 0.6 is 11.3 Å². The van der Waals surface area contributed by atoms with Crippen LogP contribution in [-0.4, -0.2) is 43.6 Å². The van der Waals surface area contributed by atoms with Gasteiger partial charge >= 0.3 is 5.97 Å². The Hall–Kier alpha value is -4.05. The Balaban J connectivity index is 2.03. The lowest BCUT2D eigenvalue weighted by molar-refractivity contribution is -0.139. The maximum atomic E-state index is 13.9. The molecule has 0 aliphatic carbocycles. The Bertz CT molecular complexity index is 1570. The predicted molar refractivity (Wildman–Crippen MR) is 144 cm³/mol. The SMILES string of the molecule is CCCC1=C(C(=O)OCC)[C@@H](c2cc(OC)ccc2OC)n2c(s/c(=C\c3ccc(OC)c(O)c3)c2=O)=N1. The normalized spacial score (nSPS) is 15.1. The molecule has 4 rings (SSSR count). The van der Waals surface area contributed by atoms with E-state index >= 15 is 0 Å². The van der Waals surface area contributed by atoms with Gasteiger partial charge in [-0.15, -0.1) is 0 Å². The number of allylic oxidation sites excluding steroid dienone is 1. The van der Waals surface area contributed by atoms with E-state index in [0.717, 1.165) is 6.42 Å². The van der Waals surface area contributed by atoms with Crippen LogP contribution in [0.5, 0.6) is 23.0 Å². The van der Waals surface area contributed by atoms with Crippen LogP contribution in [-0.2, 0) is 9.53 Å². The molecule has 3 aromatic rings. The van der Waals surface area contributed by atoms with E-state index in [9.17, 15) is 14.7 Å². The second-order valence-electron chi connectivity index (χ2n) is 8.45. The van der Waals surface area contributed by atoms with Gasteiger partial charge in [0.15, 0.2) is 16.3 Å². The Labute approximate surface area is 223 Å². The van der Waals surface area contributed by atoms with E-state index in [-0.39, 0.29) is 17.9 Å². The predicted octanol–water partition coefficient (Wildman–Crippen LogP) is 3.31. The standard InChI is InChI=1S/C28H30N2O7S/c1-6-8-19-24(27(33)37-7-2)25(18-15-17(34-3)10-12-21(18)35-4)30-26(32)23(38-28(30)29-19)14-16-9-11-22(36-5)20(31)13-16/h9-15,25,31H,6-8H2,1-5H3/b23-14-/t25-/m1/s1. The fourth-order valence-electron chi connectivity index (χ4n) is 4.42. The Morgan fingerprint density at radius 2 is 1.82 bits per heavy atom. The summed E-state index contributed by atoms with van der Waals surface area (Å²) in [5.41, 5.74) is 1.71. The third kappa shape index (κ3) is 5.04. The summed E-state index contributed by atoms with van der Waals surface area (Å²) in [7, 11) is 4.55. The minimum absolute atomic E-state index is 0.0390. The van der Waals surface area contributed by atoms with Crippen LogP contribution in [0, 0.1) is 0 Å². The van der Waals surface area contributed by atoms with Crippen LogP contribution in [0.4, 0.5) is 0 Å². The first-order valence-corrected chi connectivity index (χ1v) is 13.0. The molecular weight excluding hydrogens is 508 g/mol. The number of aromatic hydroxyl groups is 1. The minimum Gasteiger partial charge on any atom is -0.504 e. The van der Waals surface area contributed by atoms with Gasteiger partial charge in [0.2, 0.25) is 0 Å². The first-order valence-electron chi connectivity index (χ1n) is 12.2. The van der Waals surface area contributed by atoms with E-state index in [1.54, 1.807) is 50.4 Å². The number of nitrogens with zero attached hydrogens (tertiary/aromatic N) is 2. The molecule has 0 saturated heterocycles. The summed E-state index contributed by atoms with van der Waals surface area (Å²) in [6, 6.07) is 9.30. The maximum Gasteiger partial charge on any atom is 0.338 e. The molecule has 2 heterocycles. The van der Waals surface area contributed by atoms with Crippen molar-refractivity contribution in [3.8, 4) is 23.0 Å². The third-order valence-electron chi connectivity index (χ3n) is 6.12. The number of phenols is 1. The van der Waals surface area contributed by atoms with Crippen LogP contribution in [0.1, 0.15) is 43.9 Å². The van der Waals surface area contributed by atoms with Gasteiger partial charge in [-0.25, -0.2) is 9.79 Å². The number of fused-ring (bicyclic) bond motifs is 1. The Morgan fingerprint density at radius 1 is 1.08 bits per heavy atom. The highest BCUT2D eigenvalue weighted by molar-refractivity contribution is 7.07. The first kappa shape index (κ1) is 27.0. The van der Waals surface area contributed by atoms with Crippen molar-refractivity contribution in [2.45, 2.75) is 32.7 Å². The molecule has 0 bridgehead atoms. The summed E-state index contributed by atoms with van der Waals surface area (Å²) in [4.78, 5) is 32.5. The van der Waals surface area contributed by atoms with Crippen molar-refractivity contribution in [1.82, 2.24) is 4.57 Å². The fourth-order valence-corrected chi connectivity index (χ4v) is 5.44. The number of hydrogen-bond acceptors (Lipinski definition) is 9. The lowest BCUT2D eigenvalue weighted by Crippen LogP contribution is -2.40. The van der Waals surface area contributed by atoms with Crippen LogP contribution in [0.3, 0.4) is 0 Å². The largest absolute Gasteiger partial charge is 0.504 e. The average molecular weight is 539 g/mol. The van der Waals surface area contributed by atoms with E-state index in [1.807, 2.05) is 6.92 Å². The molecule has 0 spiro atoms. The van der Waals surface area contributed by atoms with Gasteiger partial charge in [-0.3, -0.25) is 9.36 Å². The van der Waals surface area contributed by atoms with E-state index in [0.29, 0.717) is 55.4 Å². The van der Waals surface area contributed by atoms with E-state index in [4.69, 9.17) is 23.9 Å². The smallest absolute Gasteiger partial charge is 0.338 e. The number of aromatic nitrogens is 1. The van der Waals surface area contributed by atoms with Crippen molar-refractivity contribution in [1.29, 1.82) is 0 Å². The van der Waals surface area contributed by atoms with Gasteiger partial charge < -0.3 is 24.1 Å². The number of benzene rings is 2. The molecule has 1 aliphatic rings. The third-order valence-corrected chi connectivity index (χ3v) is 7.11. The maximum absolute atomic E-state index is 13.9. The number of ether oxygens (including phenoxy) is 4. The zero-order chi connectivity index (χ0) is 27.4. The molecule has 0 fully saturated rings. The molecule has 0 saturated carbocycles. The van der Waals surface area contributed by atoms with Crippen molar-refractivity contribution in [3.63, 3.8) is 0 Å². The number of rotatable bonds is 9. The highest BCUT2D eigenvalue weighted by atomic mass is 32.1. The van der Waals surface area contributed by atoms with Crippen molar-refractivity contribution in [2.75, 3.05) is 27.9 Å². The van der Waals surface area contributed by atoms with E-state index in [2.05, 4.69) is 0 Å². The molecule has 1 aliphatic heterocycles. The average Bonchev–Trinajstić information content (AvgIpc) is 3.22. The molecule has 1 aromatic heterocycles. The van der Waals surface area contributed by atoms with E-state index < -0.39 is 12.0 Å². The number of carbonyl (C=O) groups excluding carboxylic acids is 1. The van der Waals surface area contributed by atoms with Crippen LogP contribution in [0.15, 0.2) is 57.5 Å². The summed E-state index contributed by atoms with van der Waals surface area (Å²) in [6.07, 6.45) is 2.94. The molecule has 1 atom stereocenters. The van der Waals surface area contributed by atoms with Crippen molar-refractivity contribution >= 4 is 23.4 Å². The Morgan fingerprint density at radius 3 is 2.45 bits per heavy atom. The minimum atomic E-state index is -0.844. The number of carbonyl (C=O) groups is 1. The van der Waals surface area contributed by atoms with Crippen molar-refractivity contribution in [3.05, 3.63) is 78.5 Å².